The Morgan fingerprint density at radius 2 is 1.82 bits per heavy atom. The summed E-state index contributed by atoms with van der Waals surface area (Å²) in [6.07, 6.45) is 3.71. The van der Waals surface area contributed by atoms with E-state index >= 15 is 0 Å². The van der Waals surface area contributed by atoms with Crippen LogP contribution in [-0.2, 0) is 23.1 Å². The standard InChI is InChI=1S/C22H24N2O4/c1-24-15-16(19-5-2-3-6-20(19)24)8-13-21(25)23-17-9-11-18(12-10-17)28-14-4-7-22(26)27/h2-3,5-6,9-12,15H,4,7-8,13-14H2,1H3,(H,23,25)(H,26,27). The molecule has 0 aliphatic heterocycles. The molecule has 0 spiro atoms. The topological polar surface area (TPSA) is 80.6 Å². The van der Waals surface area contributed by atoms with Gasteiger partial charge in [-0.15, -0.1) is 0 Å². The molecule has 146 valence electrons. The summed E-state index contributed by atoms with van der Waals surface area (Å²) in [4.78, 5) is 22.8. The SMILES string of the molecule is Cn1cc(CCC(=O)Nc2ccc(OCCCC(=O)O)cc2)c2ccccc21. The molecule has 0 unspecified atom stereocenters. The molecule has 28 heavy (non-hydrogen) atoms. The Bertz CT molecular complexity index is 960. The van der Waals surface area contributed by atoms with E-state index in [9.17, 15) is 9.59 Å². The number of carboxylic acids is 1. The van der Waals surface area contributed by atoms with Crippen molar-refractivity contribution in [1.82, 2.24) is 4.57 Å². The third-order valence-electron chi connectivity index (χ3n) is 4.54. The highest BCUT2D eigenvalue weighted by atomic mass is 16.5. The van der Waals surface area contributed by atoms with Crippen LogP contribution in [0.2, 0.25) is 0 Å². The predicted octanol–water partition coefficient (Wildman–Crippen LogP) is 3.99. The normalized spacial score (nSPS) is 10.8. The first kappa shape index (κ1) is 19.5. The molecule has 3 rings (SSSR count). The van der Waals surface area contributed by atoms with Gasteiger partial charge in [0.05, 0.1) is 6.61 Å². The van der Waals surface area contributed by atoms with E-state index in [2.05, 4.69) is 28.2 Å². The van der Waals surface area contributed by atoms with Crippen molar-refractivity contribution in [2.75, 3.05) is 11.9 Å². The lowest BCUT2D eigenvalue weighted by Crippen LogP contribution is -2.12. The average molecular weight is 380 g/mol. The molecule has 0 aliphatic rings. The number of para-hydroxylation sites is 1. The zero-order chi connectivity index (χ0) is 19.9. The molecule has 1 amide bonds. The second-order valence-electron chi connectivity index (χ2n) is 6.70. The number of aromatic nitrogens is 1. The summed E-state index contributed by atoms with van der Waals surface area (Å²) < 4.78 is 7.57. The van der Waals surface area contributed by atoms with Gasteiger partial charge in [0.15, 0.2) is 0 Å². The van der Waals surface area contributed by atoms with Crippen LogP contribution in [0.15, 0.2) is 54.7 Å². The maximum atomic E-state index is 12.3. The Balaban J connectivity index is 1.48. The third-order valence-corrected chi connectivity index (χ3v) is 4.54. The number of benzene rings is 2. The van der Waals surface area contributed by atoms with Gasteiger partial charge in [0.2, 0.25) is 5.91 Å². The average Bonchev–Trinajstić information content (AvgIpc) is 3.01. The third kappa shape index (κ3) is 5.13. The van der Waals surface area contributed by atoms with Crippen molar-refractivity contribution in [3.63, 3.8) is 0 Å². The van der Waals surface area contributed by atoms with Gasteiger partial charge in [0.1, 0.15) is 5.75 Å². The van der Waals surface area contributed by atoms with Crippen molar-refractivity contribution >= 4 is 28.5 Å². The number of aliphatic carboxylic acids is 1. The van der Waals surface area contributed by atoms with Gasteiger partial charge < -0.3 is 19.7 Å². The van der Waals surface area contributed by atoms with Gasteiger partial charge in [-0.3, -0.25) is 9.59 Å². The summed E-state index contributed by atoms with van der Waals surface area (Å²) in [5, 5.41) is 12.7. The Morgan fingerprint density at radius 1 is 1.07 bits per heavy atom. The van der Waals surface area contributed by atoms with E-state index in [-0.39, 0.29) is 12.3 Å². The summed E-state index contributed by atoms with van der Waals surface area (Å²) in [6.45, 7) is 0.350. The molecule has 6 heteroatoms. The van der Waals surface area contributed by atoms with Gasteiger partial charge in [-0.1, -0.05) is 18.2 Å². The Hall–Kier alpha value is -3.28. The lowest BCUT2D eigenvalue weighted by molar-refractivity contribution is -0.137. The van der Waals surface area contributed by atoms with Crippen molar-refractivity contribution in [3.05, 3.63) is 60.3 Å². The van der Waals surface area contributed by atoms with Crippen LogP contribution in [0, 0.1) is 0 Å². The van der Waals surface area contributed by atoms with Crippen LogP contribution in [0.5, 0.6) is 5.75 Å². The quantitative estimate of drug-likeness (QED) is 0.550. The molecule has 2 N–H and O–H groups in total. The number of anilines is 1. The number of aryl methyl sites for hydroxylation is 2. The van der Waals surface area contributed by atoms with Gasteiger partial charge in [0, 0.05) is 42.7 Å². The monoisotopic (exact) mass is 380 g/mol. The highest BCUT2D eigenvalue weighted by Crippen LogP contribution is 2.22. The largest absolute Gasteiger partial charge is 0.494 e. The van der Waals surface area contributed by atoms with Crippen molar-refractivity contribution in [1.29, 1.82) is 0 Å². The number of nitrogens with zero attached hydrogens (tertiary/aromatic N) is 1. The molecule has 0 saturated heterocycles. The Kier molecular flexibility index (Phi) is 6.32. The second-order valence-corrected chi connectivity index (χ2v) is 6.70. The zero-order valence-corrected chi connectivity index (χ0v) is 15.9. The van der Waals surface area contributed by atoms with Gasteiger partial charge in [-0.2, -0.15) is 0 Å². The van der Waals surface area contributed by atoms with Crippen molar-refractivity contribution in [2.24, 2.45) is 7.05 Å². The number of rotatable bonds is 9. The molecule has 0 atom stereocenters. The van der Waals surface area contributed by atoms with Gasteiger partial charge >= 0.3 is 5.97 Å². The number of hydrogen-bond donors (Lipinski definition) is 2. The molecule has 0 radical (unpaired) electrons. The van der Waals surface area contributed by atoms with Crippen molar-refractivity contribution in [2.45, 2.75) is 25.7 Å². The first-order chi connectivity index (χ1) is 13.5. The molecular weight excluding hydrogens is 356 g/mol. The smallest absolute Gasteiger partial charge is 0.303 e. The number of carbonyl (C=O) groups is 2. The van der Waals surface area contributed by atoms with E-state index in [4.69, 9.17) is 9.84 Å². The van der Waals surface area contributed by atoms with E-state index < -0.39 is 5.97 Å². The fourth-order valence-corrected chi connectivity index (χ4v) is 3.14. The number of carbonyl (C=O) groups excluding carboxylic acids is 1. The lowest BCUT2D eigenvalue weighted by Gasteiger charge is -2.08. The molecule has 0 saturated carbocycles. The lowest BCUT2D eigenvalue weighted by atomic mass is 10.1. The number of carboxylic acid groups (broad SMARTS) is 1. The van der Waals surface area contributed by atoms with Gasteiger partial charge in [0.25, 0.3) is 0 Å². The zero-order valence-electron chi connectivity index (χ0n) is 15.9. The number of fused-ring (bicyclic) bond motifs is 1. The molecule has 6 nitrogen and oxygen atoms in total. The molecule has 0 fully saturated rings. The first-order valence-electron chi connectivity index (χ1n) is 9.30. The fourth-order valence-electron chi connectivity index (χ4n) is 3.14. The molecule has 3 aromatic rings. The highest BCUT2D eigenvalue weighted by molar-refractivity contribution is 5.91. The molecule has 0 aliphatic carbocycles. The van der Waals surface area contributed by atoms with Crippen LogP contribution in [0.1, 0.15) is 24.8 Å². The van der Waals surface area contributed by atoms with Crippen molar-refractivity contribution < 1.29 is 19.4 Å². The Labute approximate surface area is 163 Å². The number of nitrogens with one attached hydrogen (secondary N) is 1. The maximum Gasteiger partial charge on any atom is 0.303 e. The van der Waals surface area contributed by atoms with E-state index in [1.807, 2.05) is 19.2 Å². The summed E-state index contributed by atoms with van der Waals surface area (Å²) in [5.74, 6) is -0.215. The van der Waals surface area contributed by atoms with E-state index in [1.165, 1.54) is 10.9 Å². The number of ether oxygens (including phenoxy) is 1. The minimum absolute atomic E-state index is 0.0388. The van der Waals surface area contributed by atoms with E-state index in [0.717, 1.165) is 5.52 Å². The van der Waals surface area contributed by atoms with Crippen LogP contribution in [0.4, 0.5) is 5.69 Å². The summed E-state index contributed by atoms with van der Waals surface area (Å²) in [6, 6.07) is 15.3. The van der Waals surface area contributed by atoms with Crippen LogP contribution in [0.3, 0.4) is 0 Å². The number of hydrogen-bond acceptors (Lipinski definition) is 3. The second kappa shape index (κ2) is 9.08. The van der Waals surface area contributed by atoms with Crippen LogP contribution >= 0.6 is 0 Å². The molecule has 0 bridgehead atoms. The van der Waals surface area contributed by atoms with Crippen LogP contribution in [0.25, 0.3) is 10.9 Å². The van der Waals surface area contributed by atoms with E-state index in [0.29, 0.717) is 37.3 Å². The molecular formula is C22H24N2O4. The minimum Gasteiger partial charge on any atom is -0.494 e. The predicted molar refractivity (Wildman–Crippen MR) is 109 cm³/mol. The molecule has 2 aromatic carbocycles. The van der Waals surface area contributed by atoms with Gasteiger partial charge in [-0.05, 0) is 48.7 Å². The molecule has 1 heterocycles. The minimum atomic E-state index is -0.829. The van der Waals surface area contributed by atoms with Crippen LogP contribution in [-0.4, -0.2) is 28.2 Å². The fraction of sp³-hybridized carbons (Fsp3) is 0.273. The van der Waals surface area contributed by atoms with Gasteiger partial charge in [-0.25, -0.2) is 0 Å². The summed E-state index contributed by atoms with van der Waals surface area (Å²) >= 11 is 0. The first-order valence-corrected chi connectivity index (χ1v) is 9.30. The maximum absolute atomic E-state index is 12.3. The Morgan fingerprint density at radius 3 is 2.57 bits per heavy atom. The molecule has 1 aromatic heterocycles. The number of amides is 1. The van der Waals surface area contributed by atoms with Crippen LogP contribution < -0.4 is 10.1 Å². The summed E-state index contributed by atoms with van der Waals surface area (Å²) in [5.41, 5.74) is 3.04. The van der Waals surface area contributed by atoms with Crippen molar-refractivity contribution in [3.8, 4) is 5.75 Å². The highest BCUT2D eigenvalue weighted by Gasteiger charge is 2.09. The van der Waals surface area contributed by atoms with E-state index in [1.54, 1.807) is 24.3 Å². The summed E-state index contributed by atoms with van der Waals surface area (Å²) in [7, 11) is 2.01.